The summed E-state index contributed by atoms with van der Waals surface area (Å²) in [6.45, 7) is 11.1. The second kappa shape index (κ2) is 7.49. The molecule has 0 saturated carbocycles. The van der Waals surface area contributed by atoms with Gasteiger partial charge in [0, 0.05) is 5.69 Å². The van der Waals surface area contributed by atoms with Crippen LogP contribution in [0.15, 0.2) is 24.3 Å². The molecule has 0 bridgehead atoms. The Balaban J connectivity index is 2.57. The predicted octanol–water partition coefficient (Wildman–Crippen LogP) is 3.32. The minimum Gasteiger partial charge on any atom is -0.460 e. The topological polar surface area (TPSA) is 64.6 Å². The molecule has 5 heteroatoms. The number of benzene rings is 1. The highest BCUT2D eigenvalue weighted by atomic mass is 16.6. The smallest absolute Gasteiger partial charge is 0.325 e. The van der Waals surface area contributed by atoms with Gasteiger partial charge in [-0.15, -0.1) is 0 Å². The molecule has 0 fully saturated rings. The van der Waals surface area contributed by atoms with Crippen molar-refractivity contribution in [2.24, 2.45) is 0 Å². The van der Waals surface area contributed by atoms with Crippen LogP contribution in [0.25, 0.3) is 0 Å². The van der Waals surface area contributed by atoms with E-state index in [1.165, 1.54) is 0 Å². The molecule has 0 aliphatic heterocycles. The van der Waals surface area contributed by atoms with Gasteiger partial charge < -0.3 is 14.8 Å². The van der Waals surface area contributed by atoms with Crippen molar-refractivity contribution >= 4 is 17.6 Å². The molecule has 1 N–H and O–H groups in total. The Hall–Kier alpha value is -2.04. The third-order valence-electron chi connectivity index (χ3n) is 2.55. The maximum absolute atomic E-state index is 11.8. The SMILES string of the molecule is CC(C)(C)OC(=O)CNc1cccc(CC(=O)OC(C)(C)C)c1. The normalized spacial score (nSPS) is 11.7. The van der Waals surface area contributed by atoms with E-state index in [0.717, 1.165) is 11.3 Å². The molecule has 5 nitrogen and oxygen atoms in total. The lowest BCUT2D eigenvalue weighted by molar-refractivity contribution is -0.154. The molecule has 128 valence electrons. The van der Waals surface area contributed by atoms with E-state index >= 15 is 0 Å². The van der Waals surface area contributed by atoms with Crippen molar-refractivity contribution in [3.63, 3.8) is 0 Å². The van der Waals surface area contributed by atoms with Gasteiger partial charge in [-0.05, 0) is 59.2 Å². The van der Waals surface area contributed by atoms with Crippen LogP contribution in [0.4, 0.5) is 5.69 Å². The number of hydrogen-bond donors (Lipinski definition) is 1. The number of esters is 2. The van der Waals surface area contributed by atoms with Gasteiger partial charge in [-0.2, -0.15) is 0 Å². The summed E-state index contributed by atoms with van der Waals surface area (Å²) in [5.41, 5.74) is 0.589. The second-order valence-corrected chi connectivity index (χ2v) is 7.40. The summed E-state index contributed by atoms with van der Waals surface area (Å²) < 4.78 is 10.5. The Bertz CT molecular complexity index is 553. The average molecular weight is 321 g/mol. The van der Waals surface area contributed by atoms with Crippen LogP contribution in [0.3, 0.4) is 0 Å². The summed E-state index contributed by atoms with van der Waals surface area (Å²) in [6.07, 6.45) is 0.194. The molecular weight excluding hydrogens is 294 g/mol. The molecule has 0 atom stereocenters. The molecule has 1 aromatic carbocycles. The van der Waals surface area contributed by atoms with E-state index < -0.39 is 11.2 Å². The van der Waals surface area contributed by atoms with Crippen LogP contribution in [0.5, 0.6) is 0 Å². The zero-order valence-electron chi connectivity index (χ0n) is 14.9. The van der Waals surface area contributed by atoms with Gasteiger partial charge in [0.2, 0.25) is 0 Å². The van der Waals surface area contributed by atoms with Crippen molar-refractivity contribution in [3.8, 4) is 0 Å². The number of nitrogens with one attached hydrogen (secondary N) is 1. The van der Waals surface area contributed by atoms with Gasteiger partial charge in [0.15, 0.2) is 0 Å². The maximum atomic E-state index is 11.8. The minimum absolute atomic E-state index is 0.0765. The fourth-order valence-electron chi connectivity index (χ4n) is 1.89. The van der Waals surface area contributed by atoms with Gasteiger partial charge in [0.05, 0.1) is 6.42 Å². The lowest BCUT2D eigenvalue weighted by Gasteiger charge is -2.20. The summed E-state index contributed by atoms with van der Waals surface area (Å²) in [5.74, 6) is -0.600. The van der Waals surface area contributed by atoms with Gasteiger partial charge in [-0.1, -0.05) is 12.1 Å². The first-order chi connectivity index (χ1) is 10.4. The van der Waals surface area contributed by atoms with Crippen molar-refractivity contribution in [1.82, 2.24) is 0 Å². The van der Waals surface area contributed by atoms with Crippen molar-refractivity contribution in [3.05, 3.63) is 29.8 Å². The van der Waals surface area contributed by atoms with E-state index in [2.05, 4.69) is 5.32 Å². The van der Waals surface area contributed by atoms with Crippen LogP contribution in [-0.2, 0) is 25.5 Å². The molecule has 0 saturated heterocycles. The zero-order valence-corrected chi connectivity index (χ0v) is 14.9. The predicted molar refractivity (Wildman–Crippen MR) is 90.3 cm³/mol. The summed E-state index contributed by atoms with van der Waals surface area (Å²) >= 11 is 0. The Morgan fingerprint density at radius 2 is 1.52 bits per heavy atom. The third kappa shape index (κ3) is 8.86. The number of rotatable bonds is 5. The average Bonchev–Trinajstić information content (AvgIpc) is 2.32. The molecule has 0 aliphatic carbocycles. The standard InChI is InChI=1S/C18H27NO4/c1-17(2,3)22-15(20)11-13-8-7-9-14(10-13)19-12-16(21)23-18(4,5)6/h7-10,19H,11-12H2,1-6H3. The highest BCUT2D eigenvalue weighted by molar-refractivity contribution is 5.76. The fourth-order valence-corrected chi connectivity index (χ4v) is 1.89. The van der Waals surface area contributed by atoms with E-state index in [9.17, 15) is 9.59 Å². The van der Waals surface area contributed by atoms with Gasteiger partial charge in [0.1, 0.15) is 17.7 Å². The number of ether oxygens (including phenoxy) is 2. The Kier molecular flexibility index (Phi) is 6.19. The first kappa shape index (κ1) is 19.0. The van der Waals surface area contributed by atoms with Gasteiger partial charge in [-0.3, -0.25) is 9.59 Å². The van der Waals surface area contributed by atoms with Crippen molar-refractivity contribution in [2.45, 2.75) is 59.2 Å². The first-order valence-electron chi connectivity index (χ1n) is 7.71. The molecule has 0 unspecified atom stereocenters. The molecule has 23 heavy (non-hydrogen) atoms. The van der Waals surface area contributed by atoms with Gasteiger partial charge >= 0.3 is 11.9 Å². The van der Waals surface area contributed by atoms with Gasteiger partial charge in [-0.25, -0.2) is 0 Å². The van der Waals surface area contributed by atoms with Crippen LogP contribution in [0.1, 0.15) is 47.1 Å². The summed E-state index contributed by atoms with van der Waals surface area (Å²) in [5, 5.41) is 3.00. The molecule has 0 amide bonds. The van der Waals surface area contributed by atoms with Crippen LogP contribution in [0.2, 0.25) is 0 Å². The lowest BCUT2D eigenvalue weighted by atomic mass is 10.1. The second-order valence-electron chi connectivity index (χ2n) is 7.40. The van der Waals surface area contributed by atoms with Crippen molar-refractivity contribution in [2.75, 3.05) is 11.9 Å². The number of anilines is 1. The Morgan fingerprint density at radius 1 is 0.957 bits per heavy atom. The Morgan fingerprint density at radius 3 is 2.09 bits per heavy atom. The minimum atomic E-state index is -0.503. The highest BCUT2D eigenvalue weighted by Gasteiger charge is 2.17. The number of carbonyl (C=O) groups is 2. The maximum Gasteiger partial charge on any atom is 0.325 e. The van der Waals surface area contributed by atoms with E-state index in [1.807, 2.05) is 65.8 Å². The molecule has 0 aromatic heterocycles. The van der Waals surface area contributed by atoms with E-state index in [1.54, 1.807) is 0 Å². The molecule has 0 spiro atoms. The number of hydrogen-bond acceptors (Lipinski definition) is 5. The zero-order chi connectivity index (χ0) is 17.7. The molecule has 0 heterocycles. The van der Waals surface area contributed by atoms with E-state index in [-0.39, 0.29) is 24.9 Å². The van der Waals surface area contributed by atoms with Crippen molar-refractivity contribution in [1.29, 1.82) is 0 Å². The number of carbonyl (C=O) groups excluding carboxylic acids is 2. The largest absolute Gasteiger partial charge is 0.460 e. The van der Waals surface area contributed by atoms with Crippen molar-refractivity contribution < 1.29 is 19.1 Å². The van der Waals surface area contributed by atoms with Gasteiger partial charge in [0.25, 0.3) is 0 Å². The van der Waals surface area contributed by atoms with E-state index in [4.69, 9.17) is 9.47 Å². The molecule has 1 rings (SSSR count). The van der Waals surface area contributed by atoms with Crippen LogP contribution in [0, 0.1) is 0 Å². The molecular formula is C18H27NO4. The monoisotopic (exact) mass is 321 g/mol. The summed E-state index contributed by atoms with van der Waals surface area (Å²) in [4.78, 5) is 23.5. The van der Waals surface area contributed by atoms with Crippen LogP contribution < -0.4 is 5.32 Å². The first-order valence-corrected chi connectivity index (χ1v) is 7.71. The Labute approximate surface area is 138 Å². The highest BCUT2D eigenvalue weighted by Crippen LogP contribution is 2.14. The summed E-state index contributed by atoms with van der Waals surface area (Å²) in [7, 11) is 0. The molecule has 1 aromatic rings. The van der Waals surface area contributed by atoms with Crippen LogP contribution in [-0.4, -0.2) is 29.7 Å². The van der Waals surface area contributed by atoms with E-state index in [0.29, 0.717) is 0 Å². The summed E-state index contributed by atoms with van der Waals surface area (Å²) in [6, 6.07) is 7.34. The van der Waals surface area contributed by atoms with Crippen LogP contribution >= 0.6 is 0 Å². The molecule has 0 radical (unpaired) electrons. The fraction of sp³-hybridized carbons (Fsp3) is 0.556. The third-order valence-corrected chi connectivity index (χ3v) is 2.55. The quantitative estimate of drug-likeness (QED) is 0.843. The molecule has 0 aliphatic rings. The lowest BCUT2D eigenvalue weighted by Crippen LogP contribution is -2.28.